The first kappa shape index (κ1) is 15.4. The maximum atomic E-state index is 12.0. The maximum Gasteiger partial charge on any atom is 0.240 e. The SMILES string of the molecule is CCN=C1NC(=O)[C@@H](CC(=O)Nc2ccccc2OC)S1. The Labute approximate surface area is 127 Å². The monoisotopic (exact) mass is 307 g/mol. The van der Waals surface area contributed by atoms with Gasteiger partial charge in [-0.1, -0.05) is 23.9 Å². The number of amidine groups is 1. The number of hydrogen-bond acceptors (Lipinski definition) is 5. The summed E-state index contributed by atoms with van der Waals surface area (Å²) in [5.41, 5.74) is 0.593. The minimum atomic E-state index is -0.440. The van der Waals surface area contributed by atoms with E-state index in [2.05, 4.69) is 15.6 Å². The summed E-state index contributed by atoms with van der Waals surface area (Å²) < 4.78 is 5.17. The minimum Gasteiger partial charge on any atom is -0.495 e. The number of carbonyl (C=O) groups is 2. The summed E-state index contributed by atoms with van der Waals surface area (Å²) in [5.74, 6) is 0.176. The summed E-state index contributed by atoms with van der Waals surface area (Å²) in [4.78, 5) is 27.9. The third kappa shape index (κ3) is 3.98. The summed E-state index contributed by atoms with van der Waals surface area (Å²) in [7, 11) is 1.54. The molecular weight excluding hydrogens is 290 g/mol. The molecule has 1 aliphatic heterocycles. The summed E-state index contributed by atoms with van der Waals surface area (Å²) in [6, 6.07) is 7.14. The van der Waals surface area contributed by atoms with Crippen molar-refractivity contribution >= 4 is 34.4 Å². The molecule has 0 radical (unpaired) electrons. The van der Waals surface area contributed by atoms with Crippen molar-refractivity contribution in [3.05, 3.63) is 24.3 Å². The molecule has 0 aromatic heterocycles. The standard InChI is InChI=1S/C14H17N3O3S/c1-3-15-14-17-13(19)11(21-14)8-12(18)16-9-6-4-5-7-10(9)20-2/h4-7,11H,3,8H2,1-2H3,(H,16,18)(H,15,17,19)/t11-/m1/s1. The fourth-order valence-electron chi connectivity index (χ4n) is 1.88. The van der Waals surface area contributed by atoms with Crippen LogP contribution in [0.2, 0.25) is 0 Å². The van der Waals surface area contributed by atoms with Gasteiger partial charge in [-0.15, -0.1) is 0 Å². The molecular formula is C14H17N3O3S. The summed E-state index contributed by atoms with van der Waals surface area (Å²) in [6.45, 7) is 2.49. The molecule has 0 spiro atoms. The molecule has 1 atom stereocenters. The Bertz CT molecular complexity index is 574. The van der Waals surface area contributed by atoms with Crippen LogP contribution in [0.15, 0.2) is 29.3 Å². The summed E-state index contributed by atoms with van der Waals surface area (Å²) in [6.07, 6.45) is 0.0945. The van der Waals surface area contributed by atoms with Crippen LogP contribution in [0.25, 0.3) is 0 Å². The number of rotatable bonds is 5. The molecule has 1 aliphatic rings. The lowest BCUT2D eigenvalue weighted by atomic mass is 10.2. The number of amides is 2. The number of methoxy groups -OCH3 is 1. The number of anilines is 1. The van der Waals surface area contributed by atoms with E-state index in [1.165, 1.54) is 11.8 Å². The second-order valence-corrected chi connectivity index (χ2v) is 5.52. The van der Waals surface area contributed by atoms with E-state index in [9.17, 15) is 9.59 Å². The molecule has 7 heteroatoms. The molecule has 1 saturated heterocycles. The average Bonchev–Trinajstić information content (AvgIpc) is 2.79. The zero-order valence-electron chi connectivity index (χ0n) is 11.9. The van der Waals surface area contributed by atoms with E-state index in [1.807, 2.05) is 13.0 Å². The Kier molecular flexibility index (Phi) is 5.21. The van der Waals surface area contributed by atoms with Gasteiger partial charge in [0.05, 0.1) is 12.8 Å². The van der Waals surface area contributed by atoms with Crippen LogP contribution in [0.3, 0.4) is 0 Å². The third-order valence-corrected chi connectivity index (χ3v) is 3.95. The summed E-state index contributed by atoms with van der Waals surface area (Å²) in [5, 5.41) is 5.57. The molecule has 0 aliphatic carbocycles. The predicted molar refractivity (Wildman–Crippen MR) is 83.7 cm³/mol. The smallest absolute Gasteiger partial charge is 0.240 e. The van der Waals surface area contributed by atoms with Crippen LogP contribution >= 0.6 is 11.8 Å². The van der Waals surface area contributed by atoms with E-state index in [0.717, 1.165) is 0 Å². The van der Waals surface area contributed by atoms with E-state index in [4.69, 9.17) is 4.74 Å². The van der Waals surface area contributed by atoms with Crippen LogP contribution in [-0.4, -0.2) is 35.9 Å². The van der Waals surface area contributed by atoms with Crippen molar-refractivity contribution in [3.63, 3.8) is 0 Å². The van der Waals surface area contributed by atoms with Gasteiger partial charge in [0, 0.05) is 13.0 Å². The normalized spacial score (nSPS) is 19.4. The average molecular weight is 307 g/mol. The Morgan fingerprint density at radius 2 is 2.24 bits per heavy atom. The van der Waals surface area contributed by atoms with E-state index in [1.54, 1.807) is 25.3 Å². The van der Waals surface area contributed by atoms with Crippen molar-refractivity contribution in [1.29, 1.82) is 0 Å². The number of nitrogens with one attached hydrogen (secondary N) is 2. The van der Waals surface area contributed by atoms with Crippen LogP contribution < -0.4 is 15.4 Å². The van der Waals surface area contributed by atoms with Gasteiger partial charge in [-0.2, -0.15) is 0 Å². The highest BCUT2D eigenvalue weighted by Crippen LogP contribution is 2.26. The number of benzene rings is 1. The molecule has 1 fully saturated rings. The number of carbonyl (C=O) groups excluding carboxylic acids is 2. The van der Waals surface area contributed by atoms with Crippen LogP contribution in [0, 0.1) is 0 Å². The van der Waals surface area contributed by atoms with Crippen molar-refractivity contribution in [2.75, 3.05) is 19.0 Å². The number of aliphatic imine (C=N–C) groups is 1. The lowest BCUT2D eigenvalue weighted by Crippen LogP contribution is -2.28. The number of nitrogens with zero attached hydrogens (tertiary/aromatic N) is 1. The van der Waals surface area contributed by atoms with Gasteiger partial charge in [0.1, 0.15) is 11.0 Å². The molecule has 1 aromatic carbocycles. The molecule has 21 heavy (non-hydrogen) atoms. The Morgan fingerprint density at radius 3 is 2.95 bits per heavy atom. The molecule has 6 nitrogen and oxygen atoms in total. The fraction of sp³-hybridized carbons (Fsp3) is 0.357. The lowest BCUT2D eigenvalue weighted by Gasteiger charge is -2.10. The van der Waals surface area contributed by atoms with Crippen LogP contribution in [-0.2, 0) is 9.59 Å². The topological polar surface area (TPSA) is 79.8 Å². The van der Waals surface area contributed by atoms with Gasteiger partial charge >= 0.3 is 0 Å². The van der Waals surface area contributed by atoms with Crippen molar-refractivity contribution in [2.45, 2.75) is 18.6 Å². The maximum absolute atomic E-state index is 12.0. The summed E-state index contributed by atoms with van der Waals surface area (Å²) >= 11 is 1.29. The van der Waals surface area contributed by atoms with Crippen molar-refractivity contribution in [1.82, 2.24) is 5.32 Å². The van der Waals surface area contributed by atoms with E-state index in [0.29, 0.717) is 23.1 Å². The van der Waals surface area contributed by atoms with Crippen molar-refractivity contribution in [2.24, 2.45) is 4.99 Å². The molecule has 0 saturated carbocycles. The predicted octanol–water partition coefficient (Wildman–Crippen LogP) is 1.63. The minimum absolute atomic E-state index is 0.0945. The molecule has 0 bridgehead atoms. The van der Waals surface area contributed by atoms with Crippen LogP contribution in [0.1, 0.15) is 13.3 Å². The van der Waals surface area contributed by atoms with Gasteiger partial charge in [-0.3, -0.25) is 14.6 Å². The van der Waals surface area contributed by atoms with E-state index < -0.39 is 5.25 Å². The number of para-hydroxylation sites is 2. The van der Waals surface area contributed by atoms with Gasteiger partial charge < -0.3 is 15.4 Å². The number of hydrogen-bond donors (Lipinski definition) is 2. The van der Waals surface area contributed by atoms with Crippen molar-refractivity contribution < 1.29 is 14.3 Å². The second-order valence-electron chi connectivity index (χ2n) is 4.33. The van der Waals surface area contributed by atoms with Crippen LogP contribution in [0.4, 0.5) is 5.69 Å². The highest BCUT2D eigenvalue weighted by atomic mass is 32.2. The van der Waals surface area contributed by atoms with Gasteiger partial charge in [0.2, 0.25) is 11.8 Å². The first-order chi connectivity index (χ1) is 10.1. The van der Waals surface area contributed by atoms with Crippen molar-refractivity contribution in [3.8, 4) is 5.75 Å². The largest absolute Gasteiger partial charge is 0.495 e. The molecule has 1 heterocycles. The number of ether oxygens (including phenoxy) is 1. The zero-order valence-corrected chi connectivity index (χ0v) is 12.7. The first-order valence-electron chi connectivity index (χ1n) is 6.59. The first-order valence-corrected chi connectivity index (χ1v) is 7.46. The van der Waals surface area contributed by atoms with E-state index >= 15 is 0 Å². The Morgan fingerprint density at radius 1 is 1.48 bits per heavy atom. The molecule has 0 unspecified atom stereocenters. The molecule has 2 rings (SSSR count). The molecule has 2 amide bonds. The molecule has 112 valence electrons. The number of thioether (sulfide) groups is 1. The fourth-order valence-corrected chi connectivity index (χ4v) is 2.91. The third-order valence-electron chi connectivity index (χ3n) is 2.83. The zero-order chi connectivity index (χ0) is 15.2. The highest BCUT2D eigenvalue weighted by molar-refractivity contribution is 8.15. The molecule has 2 N–H and O–H groups in total. The van der Waals surface area contributed by atoms with Crippen LogP contribution in [0.5, 0.6) is 5.75 Å². The Balaban J connectivity index is 1.96. The second kappa shape index (κ2) is 7.12. The lowest BCUT2D eigenvalue weighted by molar-refractivity contribution is -0.122. The highest BCUT2D eigenvalue weighted by Gasteiger charge is 2.31. The van der Waals surface area contributed by atoms with Gasteiger partial charge in [-0.05, 0) is 19.1 Å². The Hall–Kier alpha value is -2.02. The quantitative estimate of drug-likeness (QED) is 0.866. The van der Waals surface area contributed by atoms with Gasteiger partial charge in [0.15, 0.2) is 5.17 Å². The van der Waals surface area contributed by atoms with E-state index in [-0.39, 0.29) is 18.2 Å². The van der Waals surface area contributed by atoms with Gasteiger partial charge in [-0.25, -0.2) is 0 Å². The molecule has 1 aromatic rings. The van der Waals surface area contributed by atoms with Gasteiger partial charge in [0.25, 0.3) is 0 Å².